The fraction of sp³-hybridized carbons (Fsp3) is 0.929. The molecule has 2 N–H and O–H groups in total. The Hall–Kier alpha value is -0.660. The van der Waals surface area contributed by atoms with Crippen molar-refractivity contribution < 1.29 is 17.9 Å². The van der Waals surface area contributed by atoms with E-state index in [4.69, 9.17) is 10.5 Å². The van der Waals surface area contributed by atoms with Crippen LogP contribution in [0.25, 0.3) is 0 Å². The van der Waals surface area contributed by atoms with Crippen LogP contribution < -0.4 is 5.73 Å². The molecule has 1 heterocycles. The molecule has 0 aromatic carbocycles. The highest BCUT2D eigenvalue weighted by Crippen LogP contribution is 2.33. The number of methoxy groups -OCH3 is 1. The maximum Gasteiger partial charge on any atom is 0.310 e. The lowest BCUT2D eigenvalue weighted by Crippen LogP contribution is -2.50. The third kappa shape index (κ3) is 3.57. The zero-order chi connectivity index (χ0) is 15.5. The van der Waals surface area contributed by atoms with Gasteiger partial charge >= 0.3 is 5.97 Å². The van der Waals surface area contributed by atoms with Crippen molar-refractivity contribution in [2.45, 2.75) is 43.8 Å². The molecule has 0 radical (unpaired) electrons. The standard InChI is InChI=1S/C14H26N2O4S/c1-20-14(17)12-6-2-3-7-13(12)21(18,19)16-8-4-5-11(9-15)10-16/h11-13H,2-10,15H2,1H3. The van der Waals surface area contributed by atoms with Crippen molar-refractivity contribution in [2.24, 2.45) is 17.6 Å². The van der Waals surface area contributed by atoms with Crippen LogP contribution in [0.2, 0.25) is 0 Å². The normalized spacial score (nSPS) is 31.8. The minimum Gasteiger partial charge on any atom is -0.469 e. The van der Waals surface area contributed by atoms with E-state index in [1.807, 2.05) is 0 Å². The second kappa shape index (κ2) is 7.07. The molecule has 2 rings (SSSR count). The molecule has 0 spiro atoms. The Morgan fingerprint density at radius 2 is 1.95 bits per heavy atom. The average Bonchev–Trinajstić information content (AvgIpc) is 2.54. The number of carbonyl (C=O) groups excluding carboxylic acids is 1. The first-order valence-corrected chi connectivity index (χ1v) is 9.28. The number of carbonyl (C=O) groups is 1. The number of hydrogen-bond donors (Lipinski definition) is 1. The van der Waals surface area contributed by atoms with Crippen LogP contribution in [0.5, 0.6) is 0 Å². The monoisotopic (exact) mass is 318 g/mol. The minimum atomic E-state index is -3.46. The third-order valence-corrected chi connectivity index (χ3v) is 7.14. The first kappa shape index (κ1) is 16.7. The summed E-state index contributed by atoms with van der Waals surface area (Å²) in [5, 5.41) is -0.629. The lowest BCUT2D eigenvalue weighted by molar-refractivity contribution is -0.146. The van der Waals surface area contributed by atoms with Crippen molar-refractivity contribution in [1.29, 1.82) is 0 Å². The van der Waals surface area contributed by atoms with E-state index in [0.29, 0.717) is 32.5 Å². The first-order valence-electron chi connectivity index (χ1n) is 7.77. The molecule has 21 heavy (non-hydrogen) atoms. The molecule has 3 unspecified atom stereocenters. The number of esters is 1. The van der Waals surface area contributed by atoms with E-state index in [1.54, 1.807) is 4.31 Å². The van der Waals surface area contributed by atoms with Crippen LogP contribution in [0.1, 0.15) is 38.5 Å². The second-order valence-corrected chi connectivity index (χ2v) is 8.25. The van der Waals surface area contributed by atoms with Gasteiger partial charge in [0.1, 0.15) is 0 Å². The molecule has 6 nitrogen and oxygen atoms in total. The van der Waals surface area contributed by atoms with E-state index in [1.165, 1.54) is 7.11 Å². The number of nitrogens with zero attached hydrogens (tertiary/aromatic N) is 1. The van der Waals surface area contributed by atoms with Gasteiger partial charge in [0.15, 0.2) is 0 Å². The van der Waals surface area contributed by atoms with Crippen LogP contribution in [0.4, 0.5) is 0 Å². The number of piperidine rings is 1. The van der Waals surface area contributed by atoms with E-state index in [0.717, 1.165) is 25.7 Å². The van der Waals surface area contributed by atoms with E-state index in [9.17, 15) is 13.2 Å². The number of ether oxygens (including phenoxy) is 1. The Bertz CT molecular complexity index is 466. The zero-order valence-electron chi connectivity index (χ0n) is 12.7. The summed E-state index contributed by atoms with van der Waals surface area (Å²) in [4.78, 5) is 11.9. The van der Waals surface area contributed by atoms with Gasteiger partial charge in [-0.1, -0.05) is 12.8 Å². The highest BCUT2D eigenvalue weighted by molar-refractivity contribution is 7.89. The number of hydrogen-bond acceptors (Lipinski definition) is 5. The van der Waals surface area contributed by atoms with Crippen molar-refractivity contribution in [2.75, 3.05) is 26.7 Å². The summed E-state index contributed by atoms with van der Waals surface area (Å²) < 4.78 is 32.2. The van der Waals surface area contributed by atoms with Gasteiger partial charge in [0.05, 0.1) is 18.3 Å². The maximum absolute atomic E-state index is 12.9. The molecule has 3 atom stereocenters. The zero-order valence-corrected chi connectivity index (χ0v) is 13.5. The van der Waals surface area contributed by atoms with Gasteiger partial charge in [-0.3, -0.25) is 4.79 Å². The molecule has 0 aromatic heterocycles. The van der Waals surface area contributed by atoms with Crippen LogP contribution in [-0.4, -0.2) is 50.7 Å². The maximum atomic E-state index is 12.9. The molecule has 0 amide bonds. The van der Waals surface area contributed by atoms with Crippen LogP contribution in [0.3, 0.4) is 0 Å². The largest absolute Gasteiger partial charge is 0.469 e. The Balaban J connectivity index is 2.17. The Kier molecular flexibility index (Phi) is 5.62. The highest BCUT2D eigenvalue weighted by Gasteiger charge is 2.43. The van der Waals surface area contributed by atoms with Crippen molar-refractivity contribution in [3.63, 3.8) is 0 Å². The molecular formula is C14H26N2O4S. The van der Waals surface area contributed by atoms with Gasteiger partial charge in [-0.2, -0.15) is 0 Å². The topological polar surface area (TPSA) is 89.7 Å². The van der Waals surface area contributed by atoms with Gasteiger partial charge in [-0.05, 0) is 38.1 Å². The highest BCUT2D eigenvalue weighted by atomic mass is 32.2. The van der Waals surface area contributed by atoms with Gasteiger partial charge in [0.25, 0.3) is 0 Å². The summed E-state index contributed by atoms with van der Waals surface area (Å²) in [7, 11) is -2.13. The van der Waals surface area contributed by atoms with E-state index in [2.05, 4.69) is 0 Å². The van der Waals surface area contributed by atoms with Gasteiger partial charge in [0, 0.05) is 13.1 Å². The van der Waals surface area contributed by atoms with Crippen molar-refractivity contribution in [3.8, 4) is 0 Å². The minimum absolute atomic E-state index is 0.230. The number of rotatable bonds is 4. The smallest absolute Gasteiger partial charge is 0.310 e. The van der Waals surface area contributed by atoms with Crippen molar-refractivity contribution >= 4 is 16.0 Å². The molecule has 2 aliphatic rings. The van der Waals surface area contributed by atoms with Crippen LogP contribution in [-0.2, 0) is 19.6 Å². The van der Waals surface area contributed by atoms with Crippen molar-refractivity contribution in [3.05, 3.63) is 0 Å². The predicted octanol–water partition coefficient (Wildman–Crippen LogP) is 0.719. The molecule has 2 fully saturated rings. The summed E-state index contributed by atoms with van der Waals surface area (Å²) >= 11 is 0. The quantitative estimate of drug-likeness (QED) is 0.771. The number of nitrogens with two attached hydrogens (primary N) is 1. The summed E-state index contributed by atoms with van der Waals surface area (Å²) in [6, 6.07) is 0. The second-order valence-electron chi connectivity index (χ2n) is 6.10. The Morgan fingerprint density at radius 1 is 1.24 bits per heavy atom. The van der Waals surface area contributed by atoms with Crippen LogP contribution >= 0.6 is 0 Å². The Morgan fingerprint density at radius 3 is 2.62 bits per heavy atom. The van der Waals surface area contributed by atoms with Crippen LogP contribution in [0.15, 0.2) is 0 Å². The summed E-state index contributed by atoms with van der Waals surface area (Å²) in [6.45, 7) is 1.55. The molecule has 122 valence electrons. The molecule has 0 bridgehead atoms. The molecule has 0 aromatic rings. The van der Waals surface area contributed by atoms with Gasteiger partial charge < -0.3 is 10.5 Å². The SMILES string of the molecule is COC(=O)C1CCCCC1S(=O)(=O)N1CCCC(CN)C1. The fourth-order valence-electron chi connectivity index (χ4n) is 3.52. The molecule has 1 aliphatic heterocycles. The van der Waals surface area contributed by atoms with Gasteiger partial charge in [-0.25, -0.2) is 12.7 Å². The third-order valence-electron chi connectivity index (χ3n) is 4.76. The van der Waals surface area contributed by atoms with Crippen molar-refractivity contribution in [1.82, 2.24) is 4.31 Å². The Labute approximate surface area is 127 Å². The average molecular weight is 318 g/mol. The van der Waals surface area contributed by atoms with Crippen LogP contribution in [0, 0.1) is 11.8 Å². The van der Waals surface area contributed by atoms with E-state index >= 15 is 0 Å². The fourth-order valence-corrected chi connectivity index (χ4v) is 5.83. The lowest BCUT2D eigenvalue weighted by Gasteiger charge is -2.37. The number of sulfonamides is 1. The summed E-state index contributed by atoms with van der Waals surface area (Å²) in [5.74, 6) is -0.684. The van der Waals surface area contributed by atoms with Gasteiger partial charge in [-0.15, -0.1) is 0 Å². The van der Waals surface area contributed by atoms with E-state index < -0.39 is 27.2 Å². The van der Waals surface area contributed by atoms with E-state index in [-0.39, 0.29) is 5.92 Å². The van der Waals surface area contributed by atoms with Gasteiger partial charge in [0.2, 0.25) is 10.0 Å². The molecule has 1 saturated heterocycles. The molecule has 1 aliphatic carbocycles. The molecular weight excluding hydrogens is 292 g/mol. The predicted molar refractivity (Wildman–Crippen MR) is 80.0 cm³/mol. The lowest BCUT2D eigenvalue weighted by atomic mass is 9.89. The first-order chi connectivity index (χ1) is 10.0. The summed E-state index contributed by atoms with van der Waals surface area (Å²) in [5.41, 5.74) is 5.69. The molecule has 7 heteroatoms. The molecule has 1 saturated carbocycles. The summed E-state index contributed by atoms with van der Waals surface area (Å²) in [6.07, 6.45) is 4.71.